The molecule has 0 fully saturated rings. The molecule has 0 aliphatic rings. The zero-order chi connectivity index (χ0) is 12.4. The number of ether oxygens (including phenoxy) is 3. The maximum atomic E-state index is 11.3. The fourth-order valence-electron chi connectivity index (χ4n) is 1.08. The molecule has 4 nitrogen and oxygen atoms in total. The molecule has 0 radical (unpaired) electrons. The van der Waals surface area contributed by atoms with Gasteiger partial charge >= 0.3 is 5.97 Å². The molecule has 96 valence electrons. The molecule has 0 saturated carbocycles. The van der Waals surface area contributed by atoms with E-state index in [2.05, 4.69) is 0 Å². The number of rotatable bonds is 9. The first-order chi connectivity index (χ1) is 7.65. The lowest BCUT2D eigenvalue weighted by molar-refractivity contribution is -0.149. The molecule has 0 saturated heterocycles. The van der Waals surface area contributed by atoms with Crippen molar-refractivity contribution in [3.8, 4) is 0 Å². The highest BCUT2D eigenvalue weighted by molar-refractivity contribution is 5.71. The second kappa shape index (κ2) is 9.60. The molecule has 4 heteroatoms. The quantitative estimate of drug-likeness (QED) is 0.450. The van der Waals surface area contributed by atoms with Crippen molar-refractivity contribution in [3.05, 3.63) is 0 Å². The van der Waals surface area contributed by atoms with E-state index in [1.54, 1.807) is 7.11 Å². The third-order valence-electron chi connectivity index (χ3n) is 2.58. The summed E-state index contributed by atoms with van der Waals surface area (Å²) >= 11 is 0. The normalized spacial score (nSPS) is 14.5. The highest BCUT2D eigenvalue weighted by Crippen LogP contribution is 2.03. The van der Waals surface area contributed by atoms with Crippen LogP contribution in [0.15, 0.2) is 0 Å². The van der Waals surface area contributed by atoms with Crippen LogP contribution in [0.1, 0.15) is 33.6 Å². The number of hydrogen-bond acceptors (Lipinski definition) is 4. The average molecular weight is 232 g/mol. The smallest absolute Gasteiger partial charge is 0.308 e. The van der Waals surface area contributed by atoms with Crippen molar-refractivity contribution in [3.63, 3.8) is 0 Å². The van der Waals surface area contributed by atoms with Crippen LogP contribution in [0.25, 0.3) is 0 Å². The molecule has 0 N–H and O–H groups in total. The van der Waals surface area contributed by atoms with Crippen LogP contribution in [-0.4, -0.2) is 39.0 Å². The van der Waals surface area contributed by atoms with E-state index in [-0.39, 0.29) is 18.0 Å². The Balaban J connectivity index is 3.43. The summed E-state index contributed by atoms with van der Waals surface area (Å²) in [6.45, 7) is 7.17. The predicted octanol–water partition coefficient (Wildman–Crippen LogP) is 2.02. The van der Waals surface area contributed by atoms with Gasteiger partial charge in [0, 0.05) is 7.11 Å². The molecule has 16 heavy (non-hydrogen) atoms. The van der Waals surface area contributed by atoms with Crippen LogP contribution in [0.2, 0.25) is 0 Å². The molecule has 0 spiro atoms. The van der Waals surface area contributed by atoms with Gasteiger partial charge in [0.2, 0.25) is 0 Å². The second-order valence-corrected chi connectivity index (χ2v) is 3.82. The lowest BCUT2D eigenvalue weighted by Crippen LogP contribution is -2.21. The van der Waals surface area contributed by atoms with Crippen molar-refractivity contribution in [1.82, 2.24) is 0 Å². The zero-order valence-corrected chi connectivity index (χ0v) is 10.8. The van der Waals surface area contributed by atoms with Gasteiger partial charge in [0.25, 0.3) is 0 Å². The molecular formula is C12H24O4. The minimum Gasteiger partial charge on any atom is -0.463 e. The number of carbonyl (C=O) groups is 1. The van der Waals surface area contributed by atoms with Crippen molar-refractivity contribution < 1.29 is 19.0 Å². The van der Waals surface area contributed by atoms with Gasteiger partial charge in [0.15, 0.2) is 0 Å². The molecule has 0 aromatic carbocycles. The van der Waals surface area contributed by atoms with Gasteiger partial charge in [-0.1, -0.05) is 20.8 Å². The third kappa shape index (κ3) is 6.80. The largest absolute Gasteiger partial charge is 0.463 e. The van der Waals surface area contributed by atoms with Crippen LogP contribution >= 0.6 is 0 Å². The van der Waals surface area contributed by atoms with Gasteiger partial charge in [0.05, 0.1) is 25.2 Å². The molecular weight excluding hydrogens is 208 g/mol. The summed E-state index contributed by atoms with van der Waals surface area (Å²) in [5.74, 6) is -0.174. The van der Waals surface area contributed by atoms with E-state index in [9.17, 15) is 4.79 Å². The topological polar surface area (TPSA) is 44.8 Å². The van der Waals surface area contributed by atoms with Crippen LogP contribution in [0.4, 0.5) is 0 Å². The molecule has 0 aliphatic carbocycles. The lowest BCUT2D eigenvalue weighted by Gasteiger charge is -2.13. The van der Waals surface area contributed by atoms with Gasteiger partial charge in [0.1, 0.15) is 6.61 Å². The molecule has 0 aliphatic heterocycles. The SMILES string of the molecule is CCC(COCCOC(=O)C(C)CC)OC. The van der Waals surface area contributed by atoms with E-state index in [0.29, 0.717) is 19.8 Å². The van der Waals surface area contributed by atoms with Gasteiger partial charge < -0.3 is 14.2 Å². The number of hydrogen-bond donors (Lipinski definition) is 0. The van der Waals surface area contributed by atoms with Crippen LogP contribution in [-0.2, 0) is 19.0 Å². The Labute approximate surface area is 98.3 Å². The highest BCUT2D eigenvalue weighted by Gasteiger charge is 2.11. The van der Waals surface area contributed by atoms with E-state index in [4.69, 9.17) is 14.2 Å². The summed E-state index contributed by atoms with van der Waals surface area (Å²) < 4.78 is 15.5. The van der Waals surface area contributed by atoms with E-state index in [0.717, 1.165) is 12.8 Å². The van der Waals surface area contributed by atoms with Gasteiger partial charge in [-0.3, -0.25) is 4.79 Å². The fourth-order valence-corrected chi connectivity index (χ4v) is 1.08. The van der Waals surface area contributed by atoms with Crippen LogP contribution in [0, 0.1) is 5.92 Å². The van der Waals surface area contributed by atoms with Gasteiger partial charge in [-0.25, -0.2) is 0 Å². The maximum Gasteiger partial charge on any atom is 0.308 e. The van der Waals surface area contributed by atoms with Crippen LogP contribution in [0.3, 0.4) is 0 Å². The summed E-state index contributed by atoms with van der Waals surface area (Å²) in [6.07, 6.45) is 1.86. The molecule has 0 heterocycles. The maximum absolute atomic E-state index is 11.3. The van der Waals surface area contributed by atoms with Gasteiger partial charge in [-0.05, 0) is 12.8 Å². The van der Waals surface area contributed by atoms with E-state index >= 15 is 0 Å². The summed E-state index contributed by atoms with van der Waals surface area (Å²) in [5.41, 5.74) is 0. The second-order valence-electron chi connectivity index (χ2n) is 3.82. The number of methoxy groups -OCH3 is 1. The van der Waals surface area contributed by atoms with Gasteiger partial charge in [-0.15, -0.1) is 0 Å². The first kappa shape index (κ1) is 15.4. The number of esters is 1. The predicted molar refractivity (Wildman–Crippen MR) is 62.3 cm³/mol. The fraction of sp³-hybridized carbons (Fsp3) is 0.917. The van der Waals surface area contributed by atoms with Crippen molar-refractivity contribution in [2.75, 3.05) is 26.9 Å². The number of carbonyl (C=O) groups excluding carboxylic acids is 1. The van der Waals surface area contributed by atoms with Crippen molar-refractivity contribution in [1.29, 1.82) is 0 Å². The summed E-state index contributed by atoms with van der Waals surface area (Å²) in [6, 6.07) is 0. The van der Waals surface area contributed by atoms with E-state index in [1.807, 2.05) is 20.8 Å². The third-order valence-corrected chi connectivity index (χ3v) is 2.58. The molecule has 0 amide bonds. The molecule has 0 aromatic rings. The Hall–Kier alpha value is -0.610. The van der Waals surface area contributed by atoms with E-state index < -0.39 is 0 Å². The zero-order valence-electron chi connectivity index (χ0n) is 10.8. The highest BCUT2D eigenvalue weighted by atomic mass is 16.6. The molecule has 2 unspecified atom stereocenters. The van der Waals surface area contributed by atoms with E-state index in [1.165, 1.54) is 0 Å². The lowest BCUT2D eigenvalue weighted by atomic mass is 10.1. The Bertz CT molecular complexity index is 178. The Morgan fingerprint density at radius 1 is 1.19 bits per heavy atom. The summed E-state index contributed by atoms with van der Waals surface area (Å²) in [7, 11) is 1.67. The van der Waals surface area contributed by atoms with Crippen LogP contribution < -0.4 is 0 Å². The van der Waals surface area contributed by atoms with Crippen molar-refractivity contribution >= 4 is 5.97 Å². The summed E-state index contributed by atoms with van der Waals surface area (Å²) in [5, 5.41) is 0. The summed E-state index contributed by atoms with van der Waals surface area (Å²) in [4.78, 5) is 11.3. The molecule has 2 atom stereocenters. The minimum absolute atomic E-state index is 0.0256. The first-order valence-corrected chi connectivity index (χ1v) is 5.92. The van der Waals surface area contributed by atoms with Gasteiger partial charge in [-0.2, -0.15) is 0 Å². The Morgan fingerprint density at radius 3 is 2.38 bits per heavy atom. The monoisotopic (exact) mass is 232 g/mol. The first-order valence-electron chi connectivity index (χ1n) is 5.92. The standard InChI is InChI=1S/C12H24O4/c1-5-10(3)12(13)16-8-7-15-9-11(6-2)14-4/h10-11H,5-9H2,1-4H3. The molecule has 0 bridgehead atoms. The Kier molecular flexibility index (Phi) is 9.24. The van der Waals surface area contributed by atoms with Crippen LogP contribution in [0.5, 0.6) is 0 Å². The van der Waals surface area contributed by atoms with Crippen molar-refractivity contribution in [2.24, 2.45) is 5.92 Å². The van der Waals surface area contributed by atoms with Crippen molar-refractivity contribution in [2.45, 2.75) is 39.7 Å². The molecule has 0 aromatic heterocycles. The minimum atomic E-state index is -0.148. The molecule has 0 rings (SSSR count). The average Bonchev–Trinajstić information content (AvgIpc) is 2.32. The Morgan fingerprint density at radius 2 is 1.88 bits per heavy atom.